The van der Waals surface area contributed by atoms with E-state index in [1.807, 2.05) is 0 Å². The molecule has 1 aromatic rings. The largest absolute Gasteiger partial charge is 0.389 e. The minimum Gasteiger partial charge on any atom is -0.334 e. The molecule has 0 atom stereocenters. The van der Waals surface area contributed by atoms with Crippen molar-refractivity contribution in [1.82, 2.24) is 9.55 Å². The first-order valence-corrected chi connectivity index (χ1v) is 4.30. The van der Waals surface area contributed by atoms with E-state index in [4.69, 9.17) is 5.73 Å². The highest BCUT2D eigenvalue weighted by Gasteiger charge is 2.26. The van der Waals surface area contributed by atoms with Crippen LogP contribution in [-0.4, -0.2) is 15.7 Å². The van der Waals surface area contributed by atoms with Crippen LogP contribution in [-0.2, 0) is 13.1 Å². The molecule has 14 heavy (non-hydrogen) atoms. The molecule has 0 saturated carbocycles. The maximum atomic E-state index is 11.8. The Morgan fingerprint density at radius 1 is 1.43 bits per heavy atom. The molecule has 0 aliphatic heterocycles. The van der Waals surface area contributed by atoms with Crippen LogP contribution < -0.4 is 5.73 Å². The van der Waals surface area contributed by atoms with Crippen LogP contribution in [0.2, 0.25) is 0 Å². The van der Waals surface area contributed by atoms with Gasteiger partial charge in [0.05, 0.1) is 6.54 Å². The van der Waals surface area contributed by atoms with E-state index in [1.165, 1.54) is 6.20 Å². The zero-order valence-corrected chi connectivity index (χ0v) is 7.59. The topological polar surface area (TPSA) is 43.8 Å². The summed E-state index contributed by atoms with van der Waals surface area (Å²) in [6.45, 7) is 0.561. The highest BCUT2D eigenvalue weighted by Crippen LogP contribution is 2.21. The number of nitrogens with zero attached hydrogens (tertiary/aromatic N) is 2. The summed E-state index contributed by atoms with van der Waals surface area (Å²) in [7, 11) is 0. The average molecular weight is 207 g/mol. The minimum absolute atomic E-state index is 0.0624. The molecule has 0 radical (unpaired) electrons. The van der Waals surface area contributed by atoms with Crippen molar-refractivity contribution in [3.8, 4) is 0 Å². The zero-order chi connectivity index (χ0) is 10.6. The maximum absolute atomic E-state index is 11.8. The van der Waals surface area contributed by atoms with E-state index in [1.54, 1.807) is 10.8 Å². The first-order chi connectivity index (χ1) is 6.53. The van der Waals surface area contributed by atoms with E-state index in [2.05, 4.69) is 4.98 Å². The van der Waals surface area contributed by atoms with Gasteiger partial charge in [0.15, 0.2) is 0 Å². The number of halogens is 3. The SMILES string of the molecule is NCc1nccn1CCCC(F)(F)F. The van der Waals surface area contributed by atoms with Crippen molar-refractivity contribution in [3.05, 3.63) is 18.2 Å². The van der Waals surface area contributed by atoms with Gasteiger partial charge in [-0.25, -0.2) is 4.98 Å². The average Bonchev–Trinajstić information content (AvgIpc) is 2.49. The van der Waals surface area contributed by atoms with Gasteiger partial charge in [-0.2, -0.15) is 13.2 Å². The number of alkyl halides is 3. The summed E-state index contributed by atoms with van der Waals surface area (Å²) >= 11 is 0. The monoisotopic (exact) mass is 207 g/mol. The van der Waals surface area contributed by atoms with Crippen LogP contribution >= 0.6 is 0 Å². The molecule has 0 unspecified atom stereocenters. The minimum atomic E-state index is -4.08. The summed E-state index contributed by atoms with van der Waals surface area (Å²) < 4.78 is 37.1. The molecular formula is C8H12F3N3. The number of hydrogen-bond donors (Lipinski definition) is 1. The van der Waals surface area contributed by atoms with Gasteiger partial charge >= 0.3 is 6.18 Å². The van der Waals surface area contributed by atoms with Crippen molar-refractivity contribution in [1.29, 1.82) is 0 Å². The number of rotatable bonds is 4. The van der Waals surface area contributed by atoms with E-state index in [-0.39, 0.29) is 13.0 Å². The second-order valence-corrected chi connectivity index (χ2v) is 2.96. The van der Waals surface area contributed by atoms with E-state index in [9.17, 15) is 13.2 Å². The molecule has 0 spiro atoms. The predicted molar refractivity (Wildman–Crippen MR) is 45.4 cm³/mol. The van der Waals surface area contributed by atoms with Crippen LogP contribution in [0.5, 0.6) is 0 Å². The summed E-state index contributed by atoms with van der Waals surface area (Å²) in [4.78, 5) is 3.91. The summed E-state index contributed by atoms with van der Waals surface area (Å²) in [5, 5.41) is 0. The van der Waals surface area contributed by atoms with E-state index in [0.29, 0.717) is 12.4 Å². The van der Waals surface area contributed by atoms with E-state index < -0.39 is 12.6 Å². The normalized spacial score (nSPS) is 12.0. The fraction of sp³-hybridized carbons (Fsp3) is 0.625. The van der Waals surface area contributed by atoms with E-state index >= 15 is 0 Å². The summed E-state index contributed by atoms with van der Waals surface area (Å²) in [5.41, 5.74) is 5.35. The number of imidazole rings is 1. The smallest absolute Gasteiger partial charge is 0.334 e. The zero-order valence-electron chi connectivity index (χ0n) is 7.59. The standard InChI is InChI=1S/C8H12F3N3/c9-8(10,11)2-1-4-14-5-3-13-7(14)6-12/h3,5H,1-2,4,6,12H2. The second kappa shape index (κ2) is 4.45. The maximum Gasteiger partial charge on any atom is 0.389 e. The molecule has 80 valence electrons. The Balaban J connectivity index is 2.38. The fourth-order valence-corrected chi connectivity index (χ4v) is 1.18. The Morgan fingerprint density at radius 3 is 2.71 bits per heavy atom. The first-order valence-electron chi connectivity index (χ1n) is 4.30. The van der Waals surface area contributed by atoms with Crippen molar-refractivity contribution in [2.24, 2.45) is 5.73 Å². The molecule has 2 N–H and O–H groups in total. The van der Waals surface area contributed by atoms with Crippen LogP contribution in [0.15, 0.2) is 12.4 Å². The number of hydrogen-bond acceptors (Lipinski definition) is 2. The molecule has 1 rings (SSSR count). The summed E-state index contributed by atoms with van der Waals surface area (Å²) in [6.07, 6.45) is -1.61. The van der Waals surface area contributed by atoms with Crippen molar-refractivity contribution in [3.63, 3.8) is 0 Å². The van der Waals surface area contributed by atoms with Gasteiger partial charge < -0.3 is 10.3 Å². The van der Waals surface area contributed by atoms with Gasteiger partial charge in [-0.3, -0.25) is 0 Å². The Bertz CT molecular complexity index is 280. The molecule has 0 aliphatic rings. The Hall–Kier alpha value is -1.04. The quantitative estimate of drug-likeness (QED) is 0.816. The van der Waals surface area contributed by atoms with Gasteiger partial charge in [0, 0.05) is 25.4 Å². The highest BCUT2D eigenvalue weighted by atomic mass is 19.4. The van der Waals surface area contributed by atoms with Crippen LogP contribution in [0, 0.1) is 0 Å². The molecule has 0 aromatic carbocycles. The molecular weight excluding hydrogens is 195 g/mol. The third kappa shape index (κ3) is 3.37. The third-order valence-corrected chi connectivity index (χ3v) is 1.84. The summed E-state index contributed by atoms with van der Waals surface area (Å²) in [6, 6.07) is 0. The number of aryl methyl sites for hydroxylation is 1. The lowest BCUT2D eigenvalue weighted by Gasteiger charge is -2.08. The van der Waals surface area contributed by atoms with Crippen LogP contribution in [0.25, 0.3) is 0 Å². The molecule has 0 bridgehead atoms. The van der Waals surface area contributed by atoms with Crippen LogP contribution in [0.4, 0.5) is 13.2 Å². The van der Waals surface area contributed by atoms with Gasteiger partial charge in [0.25, 0.3) is 0 Å². The summed E-state index contributed by atoms with van der Waals surface area (Å²) in [5.74, 6) is 0.618. The first kappa shape index (κ1) is 11.0. The van der Waals surface area contributed by atoms with Crippen molar-refractivity contribution < 1.29 is 13.2 Å². The van der Waals surface area contributed by atoms with Gasteiger partial charge in [-0.05, 0) is 6.42 Å². The molecule has 1 aromatic heterocycles. The van der Waals surface area contributed by atoms with Crippen LogP contribution in [0.3, 0.4) is 0 Å². The van der Waals surface area contributed by atoms with Gasteiger partial charge in [-0.15, -0.1) is 0 Å². The van der Waals surface area contributed by atoms with Gasteiger partial charge in [-0.1, -0.05) is 0 Å². The van der Waals surface area contributed by atoms with Crippen LogP contribution in [0.1, 0.15) is 18.7 Å². The Morgan fingerprint density at radius 2 is 2.14 bits per heavy atom. The molecule has 0 aliphatic carbocycles. The number of aromatic nitrogens is 2. The second-order valence-electron chi connectivity index (χ2n) is 2.96. The van der Waals surface area contributed by atoms with Crippen molar-refractivity contribution in [2.75, 3.05) is 0 Å². The molecule has 0 fully saturated rings. The molecule has 6 heteroatoms. The molecule has 0 saturated heterocycles. The molecule has 1 heterocycles. The fourth-order valence-electron chi connectivity index (χ4n) is 1.18. The highest BCUT2D eigenvalue weighted by molar-refractivity contribution is 4.90. The molecule has 0 amide bonds. The lowest BCUT2D eigenvalue weighted by Crippen LogP contribution is -2.12. The lowest BCUT2D eigenvalue weighted by molar-refractivity contribution is -0.135. The van der Waals surface area contributed by atoms with E-state index in [0.717, 1.165) is 0 Å². The van der Waals surface area contributed by atoms with Crippen molar-refractivity contribution >= 4 is 0 Å². The lowest BCUT2D eigenvalue weighted by atomic mass is 10.3. The van der Waals surface area contributed by atoms with Gasteiger partial charge in [0.2, 0.25) is 0 Å². The molecule has 3 nitrogen and oxygen atoms in total. The Kier molecular flexibility index (Phi) is 3.51. The van der Waals surface area contributed by atoms with Crippen molar-refractivity contribution in [2.45, 2.75) is 32.1 Å². The van der Waals surface area contributed by atoms with Gasteiger partial charge in [0.1, 0.15) is 5.82 Å². The predicted octanol–water partition coefficient (Wildman–Crippen LogP) is 1.68. The Labute approximate surface area is 79.7 Å². The number of nitrogens with two attached hydrogens (primary N) is 1. The third-order valence-electron chi connectivity index (χ3n) is 1.84.